The molecule has 5 aromatic rings. The van der Waals surface area contributed by atoms with E-state index in [0.717, 1.165) is 22.3 Å². The first kappa shape index (κ1) is 34.9. The van der Waals surface area contributed by atoms with Gasteiger partial charge in [0.2, 0.25) is 11.8 Å². The van der Waals surface area contributed by atoms with Crippen LogP contribution in [0.25, 0.3) is 17.0 Å². The predicted octanol–water partition coefficient (Wildman–Crippen LogP) is 6.21. The zero-order valence-corrected chi connectivity index (χ0v) is 28.3. The minimum absolute atomic E-state index is 0.0508. The van der Waals surface area contributed by atoms with Crippen molar-refractivity contribution in [1.29, 1.82) is 0 Å². The lowest BCUT2D eigenvalue weighted by molar-refractivity contribution is -0.124. The van der Waals surface area contributed by atoms with Gasteiger partial charge < -0.3 is 25.4 Å². The number of pyridine rings is 2. The first-order valence-corrected chi connectivity index (χ1v) is 16.0. The molecule has 0 saturated carbocycles. The van der Waals surface area contributed by atoms with Crippen LogP contribution in [-0.2, 0) is 29.3 Å². The van der Waals surface area contributed by atoms with Gasteiger partial charge in [-0.2, -0.15) is 0 Å². The molecular weight excluding hydrogens is 665 g/mol. The molecule has 10 nitrogen and oxygen atoms in total. The van der Waals surface area contributed by atoms with Crippen LogP contribution in [-0.4, -0.2) is 41.3 Å². The second kappa shape index (κ2) is 16.6. The van der Waals surface area contributed by atoms with Gasteiger partial charge in [-0.1, -0.05) is 53.5 Å². The Hall–Kier alpha value is -5.45. The lowest BCUT2D eigenvalue weighted by Crippen LogP contribution is -2.35. The summed E-state index contributed by atoms with van der Waals surface area (Å²) in [4.78, 5) is 45.4. The number of benzene rings is 3. The van der Waals surface area contributed by atoms with Gasteiger partial charge in [0, 0.05) is 59.2 Å². The first-order valence-electron chi connectivity index (χ1n) is 15.3. The highest BCUT2D eigenvalue weighted by Crippen LogP contribution is 2.34. The van der Waals surface area contributed by atoms with Crippen molar-refractivity contribution < 1.29 is 23.9 Å². The fourth-order valence-electron chi connectivity index (χ4n) is 4.79. The molecular formula is C37H33Cl2N5O5. The molecule has 0 bridgehead atoms. The van der Waals surface area contributed by atoms with E-state index in [0.29, 0.717) is 50.4 Å². The highest BCUT2D eigenvalue weighted by Gasteiger charge is 2.16. The third-order valence-electron chi connectivity index (χ3n) is 7.36. The van der Waals surface area contributed by atoms with Crippen molar-refractivity contribution >= 4 is 57.9 Å². The van der Waals surface area contributed by atoms with Crippen LogP contribution in [0, 0.1) is 6.92 Å². The second-order valence-electron chi connectivity index (χ2n) is 10.8. The largest absolute Gasteiger partial charge is 0.487 e. The molecule has 12 heteroatoms. The van der Waals surface area contributed by atoms with Gasteiger partial charge in [-0.05, 0) is 66.6 Å². The number of nitrogens with one attached hydrogen (secondary N) is 3. The Kier molecular flexibility index (Phi) is 11.8. The van der Waals surface area contributed by atoms with Crippen molar-refractivity contribution in [1.82, 2.24) is 25.9 Å². The van der Waals surface area contributed by atoms with Crippen LogP contribution in [0.3, 0.4) is 0 Å². The summed E-state index contributed by atoms with van der Waals surface area (Å²) in [7, 11) is 1.55. The van der Waals surface area contributed by atoms with E-state index in [9.17, 15) is 14.4 Å². The summed E-state index contributed by atoms with van der Waals surface area (Å²) < 4.78 is 12.3. The third-order valence-corrected chi connectivity index (χ3v) is 8.18. The zero-order chi connectivity index (χ0) is 34.8. The average molecular weight is 699 g/mol. The van der Waals surface area contributed by atoms with E-state index in [1.165, 1.54) is 6.08 Å². The Morgan fingerprint density at radius 1 is 0.878 bits per heavy atom. The standard InChI is InChI=1S/C37H33Cl2N5O5/c1-23-18-32(48-21-27-6-3-4-17-41-27)28-7-5-8-31(36(28)44-23)49-22-29-30(38)15-14-26(35(29)39)19-42-34(46)20-43-33(45)16-11-24-9-12-25(13-10-24)37(47)40-2/h3-18H,19-22H2,1-2H3,(H,40,47)(H,42,46)(H,43,45)/b16-11+. The van der Waals surface area contributed by atoms with Gasteiger partial charge >= 0.3 is 0 Å². The van der Waals surface area contributed by atoms with Gasteiger partial charge in [-0.15, -0.1) is 0 Å². The molecule has 0 aliphatic carbocycles. The SMILES string of the molecule is CNC(=O)c1ccc(/C=C/C(=O)NCC(=O)NCc2ccc(Cl)c(COc3cccc4c(OCc5ccccn5)cc(C)nc34)c2Cl)cc1. The van der Waals surface area contributed by atoms with Crippen LogP contribution in [0.4, 0.5) is 0 Å². The molecule has 5 rings (SSSR count). The molecule has 3 aromatic carbocycles. The lowest BCUT2D eigenvalue weighted by Gasteiger charge is -2.16. The number of para-hydroxylation sites is 1. The third kappa shape index (κ3) is 9.34. The van der Waals surface area contributed by atoms with Crippen molar-refractivity contribution in [3.8, 4) is 11.5 Å². The van der Waals surface area contributed by atoms with Crippen LogP contribution >= 0.6 is 23.2 Å². The number of hydrogen-bond donors (Lipinski definition) is 3. The van der Waals surface area contributed by atoms with Crippen LogP contribution in [0.2, 0.25) is 10.0 Å². The molecule has 2 heterocycles. The Bertz CT molecular complexity index is 2000. The summed E-state index contributed by atoms with van der Waals surface area (Å²) in [5.41, 5.74) is 4.61. The maximum Gasteiger partial charge on any atom is 0.251 e. The van der Waals surface area contributed by atoms with Gasteiger partial charge in [0.15, 0.2) is 0 Å². The number of hydrogen-bond acceptors (Lipinski definition) is 7. The number of halogens is 2. The number of aromatic nitrogens is 2. The van der Waals surface area contributed by atoms with E-state index in [1.807, 2.05) is 49.4 Å². The van der Waals surface area contributed by atoms with Crippen LogP contribution < -0.4 is 25.4 Å². The number of fused-ring (bicyclic) bond motifs is 1. The summed E-state index contributed by atoms with van der Waals surface area (Å²) in [6.45, 7) is 2.11. The zero-order valence-electron chi connectivity index (χ0n) is 26.8. The van der Waals surface area contributed by atoms with Crippen molar-refractivity contribution in [2.45, 2.75) is 26.7 Å². The Labute approximate surface area is 293 Å². The number of carbonyl (C=O) groups is 3. The number of rotatable bonds is 13. The molecule has 3 N–H and O–H groups in total. The van der Waals surface area contributed by atoms with E-state index in [2.05, 4.69) is 20.9 Å². The van der Waals surface area contributed by atoms with E-state index in [4.69, 9.17) is 37.7 Å². The van der Waals surface area contributed by atoms with E-state index < -0.39 is 11.8 Å². The second-order valence-corrected chi connectivity index (χ2v) is 11.6. The van der Waals surface area contributed by atoms with Crippen molar-refractivity contribution in [2.75, 3.05) is 13.6 Å². The molecule has 0 atom stereocenters. The molecule has 0 spiro atoms. The van der Waals surface area contributed by atoms with E-state index in [1.54, 1.807) is 55.7 Å². The number of nitrogens with zero attached hydrogens (tertiary/aromatic N) is 2. The normalized spacial score (nSPS) is 10.9. The predicted molar refractivity (Wildman–Crippen MR) is 190 cm³/mol. The number of aryl methyl sites for hydroxylation is 1. The Morgan fingerprint density at radius 3 is 2.43 bits per heavy atom. The van der Waals surface area contributed by atoms with Crippen molar-refractivity contribution in [2.24, 2.45) is 0 Å². The van der Waals surface area contributed by atoms with Crippen molar-refractivity contribution in [3.05, 3.63) is 135 Å². The average Bonchev–Trinajstić information content (AvgIpc) is 3.12. The molecule has 0 radical (unpaired) electrons. The summed E-state index contributed by atoms with van der Waals surface area (Å²) in [6.07, 6.45) is 4.62. The molecule has 0 aliphatic heterocycles. The van der Waals surface area contributed by atoms with Crippen molar-refractivity contribution in [3.63, 3.8) is 0 Å². The molecule has 49 heavy (non-hydrogen) atoms. The summed E-state index contributed by atoms with van der Waals surface area (Å²) in [5, 5.41) is 9.40. The topological polar surface area (TPSA) is 132 Å². The molecule has 250 valence electrons. The van der Waals surface area contributed by atoms with Crippen LogP contribution in [0.1, 0.15) is 38.4 Å². The summed E-state index contributed by atoms with van der Waals surface area (Å²) >= 11 is 13.3. The fourth-order valence-corrected chi connectivity index (χ4v) is 5.34. The smallest absolute Gasteiger partial charge is 0.251 e. The van der Waals surface area contributed by atoms with Crippen LogP contribution in [0.5, 0.6) is 11.5 Å². The van der Waals surface area contributed by atoms with Gasteiger partial charge in [-0.25, -0.2) is 4.98 Å². The maximum absolute atomic E-state index is 12.5. The number of carbonyl (C=O) groups excluding carboxylic acids is 3. The van der Waals surface area contributed by atoms with Gasteiger partial charge in [0.25, 0.3) is 5.91 Å². The van der Waals surface area contributed by atoms with E-state index in [-0.39, 0.29) is 25.6 Å². The monoisotopic (exact) mass is 697 g/mol. The first-order chi connectivity index (χ1) is 23.7. The lowest BCUT2D eigenvalue weighted by atomic mass is 10.1. The van der Waals surface area contributed by atoms with Gasteiger partial charge in [-0.3, -0.25) is 19.4 Å². The molecule has 0 unspecified atom stereocenters. The molecule has 0 aliphatic rings. The summed E-state index contributed by atoms with van der Waals surface area (Å²) in [6, 6.07) is 23.3. The molecule has 3 amide bonds. The highest BCUT2D eigenvalue weighted by molar-refractivity contribution is 6.36. The maximum atomic E-state index is 12.5. The van der Waals surface area contributed by atoms with E-state index >= 15 is 0 Å². The quantitative estimate of drug-likeness (QED) is 0.125. The summed E-state index contributed by atoms with van der Waals surface area (Å²) in [5.74, 6) is 0.141. The molecule has 2 aromatic heterocycles. The molecule has 0 fully saturated rings. The minimum Gasteiger partial charge on any atom is -0.487 e. The van der Waals surface area contributed by atoms with Gasteiger partial charge in [0.1, 0.15) is 30.2 Å². The fraction of sp³-hybridized carbons (Fsp3) is 0.162. The van der Waals surface area contributed by atoms with Gasteiger partial charge in [0.05, 0.1) is 17.3 Å². The number of ether oxygens (including phenoxy) is 2. The minimum atomic E-state index is -0.445. The Morgan fingerprint density at radius 2 is 1.67 bits per heavy atom. The molecule has 0 saturated heterocycles. The van der Waals surface area contributed by atoms with Crippen LogP contribution in [0.15, 0.2) is 91.1 Å². The Balaban J connectivity index is 1.17. The highest BCUT2D eigenvalue weighted by atomic mass is 35.5. The number of amides is 3.